The summed E-state index contributed by atoms with van der Waals surface area (Å²) < 4.78 is 16.3. The van der Waals surface area contributed by atoms with Gasteiger partial charge in [-0.05, 0) is 73.6 Å². The first-order chi connectivity index (χ1) is 18.2. The number of esters is 1. The van der Waals surface area contributed by atoms with Gasteiger partial charge in [0.25, 0.3) is 0 Å². The van der Waals surface area contributed by atoms with Gasteiger partial charge in [0, 0.05) is 0 Å². The molecule has 0 saturated heterocycles. The maximum atomic E-state index is 13.6. The Labute approximate surface area is 240 Å². The van der Waals surface area contributed by atoms with Crippen LogP contribution in [0.1, 0.15) is 102 Å². The second-order valence-corrected chi connectivity index (χ2v) is 12.8. The van der Waals surface area contributed by atoms with E-state index >= 15 is 0 Å². The summed E-state index contributed by atoms with van der Waals surface area (Å²) in [4.78, 5) is 51.7. The smallest absolute Gasteiger partial charge is 0.408 e. The third-order valence-corrected chi connectivity index (χ3v) is 5.96. The van der Waals surface area contributed by atoms with E-state index in [-0.39, 0.29) is 24.9 Å². The summed E-state index contributed by atoms with van der Waals surface area (Å²) in [7, 11) is 0. The fourth-order valence-electron chi connectivity index (χ4n) is 4.03. The lowest BCUT2D eigenvalue weighted by Crippen LogP contribution is -2.61. The third-order valence-electron chi connectivity index (χ3n) is 5.96. The Kier molecular flexibility index (Phi) is 15.8. The molecular weight excluding hydrogens is 518 g/mol. The topological polar surface area (TPSA) is 152 Å². The Bertz CT molecular complexity index is 819. The first kappa shape index (κ1) is 37.6. The van der Waals surface area contributed by atoms with E-state index in [0.717, 1.165) is 0 Å². The molecule has 234 valence electrons. The van der Waals surface area contributed by atoms with E-state index in [0.29, 0.717) is 12.8 Å². The molecule has 0 radical (unpaired) electrons. The van der Waals surface area contributed by atoms with Gasteiger partial charge in [-0.3, -0.25) is 14.4 Å². The highest BCUT2D eigenvalue weighted by atomic mass is 16.6. The summed E-state index contributed by atoms with van der Waals surface area (Å²) in [5, 5.41) is 19.0. The van der Waals surface area contributed by atoms with E-state index < -0.39 is 65.4 Å². The Hall–Kier alpha value is -2.40. The minimum Gasteiger partial charge on any atom is -0.466 e. The molecule has 40 heavy (non-hydrogen) atoms. The fraction of sp³-hybridized carbons (Fsp3) is 0.862. The van der Waals surface area contributed by atoms with E-state index in [9.17, 15) is 24.3 Å². The van der Waals surface area contributed by atoms with Crippen molar-refractivity contribution in [2.75, 3.05) is 6.61 Å². The second-order valence-electron chi connectivity index (χ2n) is 12.8. The van der Waals surface area contributed by atoms with Crippen LogP contribution < -0.4 is 16.0 Å². The molecule has 0 aliphatic heterocycles. The standard InChI is InChI=1S/C29H55N3O8/c1-13-18(5)23(25(35)30-20(15-17(3)4)21(33)16-22(34)38-14-2)31-26(36)24(19(6)39-28(7,8)9)32-27(37)40-29(10,11)12/h17-21,23-24,33H,13-16H2,1-12H3,(H,30,35)(H,31,36)(H,32,37)/t18-,19+,20-,21-,23-,24-/m0/s1. The zero-order valence-corrected chi connectivity index (χ0v) is 26.7. The summed E-state index contributed by atoms with van der Waals surface area (Å²) in [6.07, 6.45) is -2.01. The fourth-order valence-corrected chi connectivity index (χ4v) is 4.03. The number of carbonyl (C=O) groups is 4. The van der Waals surface area contributed by atoms with Crippen LogP contribution in [-0.2, 0) is 28.6 Å². The molecule has 0 bridgehead atoms. The van der Waals surface area contributed by atoms with Gasteiger partial charge in [-0.15, -0.1) is 0 Å². The Morgan fingerprint density at radius 2 is 1.35 bits per heavy atom. The summed E-state index contributed by atoms with van der Waals surface area (Å²) in [6.45, 7) is 21.7. The number of alkyl carbamates (subject to hydrolysis) is 1. The van der Waals surface area contributed by atoms with Crippen molar-refractivity contribution >= 4 is 23.9 Å². The van der Waals surface area contributed by atoms with Gasteiger partial charge in [-0.25, -0.2) is 4.79 Å². The van der Waals surface area contributed by atoms with Gasteiger partial charge in [0.1, 0.15) is 17.7 Å². The average Bonchev–Trinajstić information content (AvgIpc) is 2.77. The van der Waals surface area contributed by atoms with Gasteiger partial charge in [0.2, 0.25) is 11.8 Å². The van der Waals surface area contributed by atoms with E-state index in [2.05, 4.69) is 16.0 Å². The number of hydrogen-bond donors (Lipinski definition) is 4. The first-order valence-corrected chi connectivity index (χ1v) is 14.3. The van der Waals surface area contributed by atoms with Crippen LogP contribution in [0.4, 0.5) is 4.79 Å². The van der Waals surface area contributed by atoms with Crippen LogP contribution in [0.5, 0.6) is 0 Å². The van der Waals surface area contributed by atoms with Gasteiger partial charge in [-0.1, -0.05) is 34.1 Å². The second kappa shape index (κ2) is 16.8. The summed E-state index contributed by atoms with van der Waals surface area (Å²) >= 11 is 0. The molecule has 0 aromatic heterocycles. The van der Waals surface area contributed by atoms with Crippen LogP contribution in [0.25, 0.3) is 0 Å². The predicted molar refractivity (Wildman–Crippen MR) is 153 cm³/mol. The van der Waals surface area contributed by atoms with Crippen molar-refractivity contribution < 1.29 is 38.5 Å². The lowest BCUT2D eigenvalue weighted by atomic mass is 9.94. The van der Waals surface area contributed by atoms with Crippen LogP contribution in [-0.4, -0.2) is 77.1 Å². The van der Waals surface area contributed by atoms with E-state index in [1.54, 1.807) is 34.6 Å². The van der Waals surface area contributed by atoms with Crippen LogP contribution in [0.15, 0.2) is 0 Å². The Morgan fingerprint density at radius 3 is 1.80 bits per heavy atom. The summed E-state index contributed by atoms with van der Waals surface area (Å²) in [5.41, 5.74) is -1.39. The quantitative estimate of drug-likeness (QED) is 0.217. The van der Waals surface area contributed by atoms with Gasteiger partial charge < -0.3 is 35.3 Å². The molecule has 0 unspecified atom stereocenters. The SMILES string of the molecule is CCOC(=O)C[C@H](O)[C@H](CC(C)C)NC(=O)[C@@H](NC(=O)[C@@H](NC(=O)OC(C)(C)C)[C@@H](C)OC(C)(C)C)[C@@H](C)CC. The molecule has 11 heteroatoms. The molecule has 0 saturated carbocycles. The number of rotatable bonds is 15. The summed E-state index contributed by atoms with van der Waals surface area (Å²) in [5.74, 6) is -1.86. The first-order valence-electron chi connectivity index (χ1n) is 14.3. The molecule has 0 rings (SSSR count). The number of nitrogens with one attached hydrogen (secondary N) is 3. The highest BCUT2D eigenvalue weighted by Crippen LogP contribution is 2.17. The van der Waals surface area contributed by atoms with Crippen molar-refractivity contribution in [1.29, 1.82) is 0 Å². The molecule has 0 heterocycles. The van der Waals surface area contributed by atoms with Crippen molar-refractivity contribution in [3.63, 3.8) is 0 Å². The molecule has 3 amide bonds. The van der Waals surface area contributed by atoms with E-state index in [4.69, 9.17) is 14.2 Å². The van der Waals surface area contributed by atoms with Crippen molar-refractivity contribution in [2.24, 2.45) is 11.8 Å². The Morgan fingerprint density at radius 1 is 0.800 bits per heavy atom. The highest BCUT2D eigenvalue weighted by Gasteiger charge is 2.36. The number of ether oxygens (including phenoxy) is 3. The van der Waals surface area contributed by atoms with E-state index in [1.165, 1.54) is 0 Å². The molecule has 0 aromatic carbocycles. The molecule has 11 nitrogen and oxygen atoms in total. The van der Waals surface area contributed by atoms with Crippen molar-refractivity contribution in [3.05, 3.63) is 0 Å². The zero-order valence-electron chi connectivity index (χ0n) is 26.7. The minimum absolute atomic E-state index is 0.108. The number of hydrogen-bond acceptors (Lipinski definition) is 8. The number of aliphatic hydroxyl groups excluding tert-OH is 1. The molecular formula is C29H55N3O8. The summed E-state index contributed by atoms with van der Waals surface area (Å²) in [6, 6.07) is -2.87. The normalized spacial score (nSPS) is 16.6. The molecule has 0 aliphatic carbocycles. The van der Waals surface area contributed by atoms with Gasteiger partial charge in [0.05, 0.1) is 36.9 Å². The van der Waals surface area contributed by atoms with Crippen molar-refractivity contribution in [3.8, 4) is 0 Å². The molecule has 6 atom stereocenters. The average molecular weight is 574 g/mol. The number of carbonyl (C=O) groups excluding carboxylic acids is 4. The van der Waals surface area contributed by atoms with Crippen LogP contribution in [0, 0.1) is 11.8 Å². The van der Waals surface area contributed by atoms with Crippen LogP contribution >= 0.6 is 0 Å². The van der Waals surface area contributed by atoms with Crippen molar-refractivity contribution in [2.45, 2.75) is 144 Å². The monoisotopic (exact) mass is 573 g/mol. The molecule has 0 spiro atoms. The molecule has 0 aromatic rings. The molecule has 4 N–H and O–H groups in total. The highest BCUT2D eigenvalue weighted by molar-refractivity contribution is 5.92. The maximum Gasteiger partial charge on any atom is 0.408 e. The predicted octanol–water partition coefficient (Wildman–Crippen LogP) is 3.46. The van der Waals surface area contributed by atoms with Gasteiger partial charge in [0.15, 0.2) is 0 Å². The third kappa shape index (κ3) is 15.4. The lowest BCUT2D eigenvalue weighted by Gasteiger charge is -2.33. The van der Waals surface area contributed by atoms with Gasteiger partial charge >= 0.3 is 12.1 Å². The van der Waals surface area contributed by atoms with Crippen LogP contribution in [0.3, 0.4) is 0 Å². The van der Waals surface area contributed by atoms with E-state index in [1.807, 2.05) is 48.5 Å². The number of amides is 3. The minimum atomic E-state index is -1.17. The zero-order chi connectivity index (χ0) is 31.4. The number of aliphatic hydroxyl groups is 1. The van der Waals surface area contributed by atoms with Gasteiger partial charge in [-0.2, -0.15) is 0 Å². The lowest BCUT2D eigenvalue weighted by molar-refractivity contribution is -0.146. The Balaban J connectivity index is 5.99. The maximum absolute atomic E-state index is 13.6. The largest absolute Gasteiger partial charge is 0.466 e. The molecule has 0 aliphatic rings. The van der Waals surface area contributed by atoms with Crippen molar-refractivity contribution in [1.82, 2.24) is 16.0 Å². The molecule has 0 fully saturated rings. The van der Waals surface area contributed by atoms with Crippen LogP contribution in [0.2, 0.25) is 0 Å².